The fourth-order valence-corrected chi connectivity index (χ4v) is 3.62. The zero-order valence-corrected chi connectivity index (χ0v) is 13.5. The van der Waals surface area contributed by atoms with E-state index in [1.807, 2.05) is 0 Å². The van der Waals surface area contributed by atoms with Crippen molar-refractivity contribution in [2.45, 2.75) is 58.0 Å². The second-order valence-corrected chi connectivity index (χ2v) is 6.34. The van der Waals surface area contributed by atoms with Crippen molar-refractivity contribution in [3.05, 3.63) is 33.9 Å². The molecule has 0 bridgehead atoms. The lowest BCUT2D eigenvalue weighted by Crippen LogP contribution is -2.36. The van der Waals surface area contributed by atoms with Crippen LogP contribution in [-0.4, -0.2) is 20.6 Å². The highest BCUT2D eigenvalue weighted by Crippen LogP contribution is 2.27. The predicted octanol–water partition coefficient (Wildman–Crippen LogP) is 2.34. The number of aromatic nitrogens is 3. The van der Waals surface area contributed by atoms with Gasteiger partial charge in [0, 0.05) is 24.8 Å². The van der Waals surface area contributed by atoms with Crippen LogP contribution in [0, 0.1) is 17.2 Å². The van der Waals surface area contributed by atoms with Crippen molar-refractivity contribution in [3.8, 4) is 6.07 Å². The van der Waals surface area contributed by atoms with E-state index in [0.29, 0.717) is 29.5 Å². The molecule has 0 saturated heterocycles. The predicted molar refractivity (Wildman–Crippen MR) is 88.0 cm³/mol. The average Bonchev–Trinajstić information content (AvgIpc) is 3.00. The van der Waals surface area contributed by atoms with Gasteiger partial charge in [-0.25, -0.2) is 9.50 Å². The third kappa shape index (κ3) is 3.30. The average molecular weight is 313 g/mol. The lowest BCUT2D eigenvalue weighted by molar-refractivity contribution is 0.261. The van der Waals surface area contributed by atoms with Gasteiger partial charge in [0.1, 0.15) is 11.6 Å². The summed E-state index contributed by atoms with van der Waals surface area (Å²) in [7, 11) is 0. The van der Waals surface area contributed by atoms with Crippen LogP contribution in [0.3, 0.4) is 0 Å². The van der Waals surface area contributed by atoms with Crippen molar-refractivity contribution in [3.63, 3.8) is 0 Å². The largest absolute Gasteiger partial charge is 0.308 e. The van der Waals surface area contributed by atoms with Gasteiger partial charge in [0.15, 0.2) is 5.65 Å². The second kappa shape index (κ2) is 6.97. The molecular formula is C17H23N5O. The summed E-state index contributed by atoms with van der Waals surface area (Å²) in [6, 6.07) is 4.06. The number of nitrogens with one attached hydrogen (secondary N) is 2. The molecule has 1 atom stereocenters. The Morgan fingerprint density at radius 2 is 2.26 bits per heavy atom. The highest BCUT2D eigenvalue weighted by atomic mass is 16.1. The van der Waals surface area contributed by atoms with Gasteiger partial charge in [-0.1, -0.05) is 26.2 Å². The first-order chi connectivity index (χ1) is 11.2. The maximum absolute atomic E-state index is 12.1. The maximum Gasteiger partial charge on any atom is 0.272 e. The molecular weight excluding hydrogens is 290 g/mol. The lowest BCUT2D eigenvalue weighted by atomic mass is 9.83. The minimum atomic E-state index is -0.181. The highest BCUT2D eigenvalue weighted by molar-refractivity contribution is 5.53. The van der Waals surface area contributed by atoms with E-state index < -0.39 is 0 Å². The van der Waals surface area contributed by atoms with Gasteiger partial charge in [-0.3, -0.25) is 9.89 Å². The van der Waals surface area contributed by atoms with Gasteiger partial charge in [0.05, 0.1) is 5.69 Å². The molecule has 1 unspecified atom stereocenters. The Balaban J connectivity index is 1.75. The summed E-state index contributed by atoms with van der Waals surface area (Å²) < 4.78 is 1.31. The molecule has 1 saturated carbocycles. The number of hydrogen-bond donors (Lipinski definition) is 2. The molecule has 6 nitrogen and oxygen atoms in total. The van der Waals surface area contributed by atoms with Crippen molar-refractivity contribution >= 4 is 5.65 Å². The van der Waals surface area contributed by atoms with E-state index in [4.69, 9.17) is 5.26 Å². The lowest BCUT2D eigenvalue weighted by Gasteiger charge is -2.30. The summed E-state index contributed by atoms with van der Waals surface area (Å²) in [6.45, 7) is 2.77. The summed E-state index contributed by atoms with van der Waals surface area (Å²) in [5.41, 5.74) is 1.31. The van der Waals surface area contributed by atoms with E-state index in [0.717, 1.165) is 12.3 Å². The van der Waals surface area contributed by atoms with Crippen LogP contribution < -0.4 is 10.9 Å². The van der Waals surface area contributed by atoms with Crippen molar-refractivity contribution in [2.24, 2.45) is 5.92 Å². The first-order valence-electron chi connectivity index (χ1n) is 8.46. The Labute approximate surface area is 135 Å². The van der Waals surface area contributed by atoms with E-state index in [-0.39, 0.29) is 5.56 Å². The molecule has 23 heavy (non-hydrogen) atoms. The number of nitriles is 1. The third-order valence-electron chi connectivity index (χ3n) is 4.88. The van der Waals surface area contributed by atoms with E-state index in [9.17, 15) is 4.79 Å². The Hall–Kier alpha value is -2.13. The van der Waals surface area contributed by atoms with Gasteiger partial charge in [-0.15, -0.1) is 0 Å². The van der Waals surface area contributed by atoms with E-state index in [1.54, 1.807) is 0 Å². The molecule has 1 aliphatic carbocycles. The van der Waals surface area contributed by atoms with Crippen LogP contribution in [0.4, 0.5) is 0 Å². The van der Waals surface area contributed by atoms with E-state index in [1.165, 1.54) is 48.9 Å². The molecule has 0 aromatic carbocycles. The van der Waals surface area contributed by atoms with E-state index in [2.05, 4.69) is 28.4 Å². The number of nitrogens with zero attached hydrogens (tertiary/aromatic N) is 3. The number of aromatic amines is 1. The zero-order chi connectivity index (χ0) is 16.2. The Morgan fingerprint density at radius 1 is 1.48 bits per heavy atom. The summed E-state index contributed by atoms with van der Waals surface area (Å²) in [4.78, 5) is 16.6. The molecule has 0 spiro atoms. The number of H-pyrrole nitrogens is 1. The monoisotopic (exact) mass is 313 g/mol. The zero-order valence-electron chi connectivity index (χ0n) is 13.5. The number of hydrogen-bond acceptors (Lipinski definition) is 4. The highest BCUT2D eigenvalue weighted by Gasteiger charge is 2.22. The van der Waals surface area contributed by atoms with Crippen LogP contribution in [0.2, 0.25) is 0 Å². The SMILES string of the molecule is CCC(NCc1cc(=O)n2[nH]cc(C#N)c2n1)C1CCCCC1. The van der Waals surface area contributed by atoms with Crippen LogP contribution in [0.15, 0.2) is 17.1 Å². The van der Waals surface area contributed by atoms with E-state index >= 15 is 0 Å². The number of fused-ring (bicyclic) bond motifs is 1. The first kappa shape index (κ1) is 15.8. The molecule has 0 aliphatic heterocycles. The van der Waals surface area contributed by atoms with Gasteiger partial charge >= 0.3 is 0 Å². The fraction of sp³-hybridized carbons (Fsp3) is 0.588. The smallest absolute Gasteiger partial charge is 0.272 e. The molecule has 2 N–H and O–H groups in total. The molecule has 6 heteroatoms. The molecule has 3 rings (SSSR count). The topological polar surface area (TPSA) is 86.0 Å². The minimum absolute atomic E-state index is 0.181. The van der Waals surface area contributed by atoms with Crippen LogP contribution in [-0.2, 0) is 6.54 Å². The van der Waals surface area contributed by atoms with Crippen LogP contribution >= 0.6 is 0 Å². The van der Waals surface area contributed by atoms with Crippen molar-refractivity contribution in [1.82, 2.24) is 19.9 Å². The molecule has 2 aromatic rings. The summed E-state index contributed by atoms with van der Waals surface area (Å²) in [5.74, 6) is 0.723. The third-order valence-corrected chi connectivity index (χ3v) is 4.88. The first-order valence-corrected chi connectivity index (χ1v) is 8.46. The second-order valence-electron chi connectivity index (χ2n) is 6.34. The van der Waals surface area contributed by atoms with Gasteiger partial charge < -0.3 is 5.32 Å². The molecule has 0 radical (unpaired) electrons. The van der Waals surface area contributed by atoms with Gasteiger partial charge in [-0.2, -0.15) is 5.26 Å². The van der Waals surface area contributed by atoms with Gasteiger partial charge in [0.2, 0.25) is 0 Å². The van der Waals surface area contributed by atoms with Crippen LogP contribution in [0.5, 0.6) is 0 Å². The van der Waals surface area contributed by atoms with Crippen LogP contribution in [0.1, 0.15) is 56.7 Å². The van der Waals surface area contributed by atoms with Crippen molar-refractivity contribution in [2.75, 3.05) is 0 Å². The van der Waals surface area contributed by atoms with Gasteiger partial charge in [0.25, 0.3) is 5.56 Å². The van der Waals surface area contributed by atoms with Gasteiger partial charge in [-0.05, 0) is 25.2 Å². The molecule has 2 aromatic heterocycles. The Morgan fingerprint density at radius 3 is 2.96 bits per heavy atom. The normalized spacial score (nSPS) is 17.2. The minimum Gasteiger partial charge on any atom is -0.308 e. The van der Waals surface area contributed by atoms with Crippen molar-refractivity contribution in [1.29, 1.82) is 5.26 Å². The Kier molecular flexibility index (Phi) is 4.77. The quantitative estimate of drug-likeness (QED) is 0.887. The molecule has 0 amide bonds. The summed E-state index contributed by atoms with van der Waals surface area (Å²) >= 11 is 0. The molecule has 1 fully saturated rings. The van der Waals surface area contributed by atoms with Crippen molar-refractivity contribution < 1.29 is 0 Å². The standard InChI is InChI=1S/C17H23N5O/c1-2-15(12-6-4-3-5-7-12)19-11-14-8-16(23)22-17(21-14)13(9-18)10-20-22/h8,10,12,15,19-20H,2-7,11H2,1H3. The fourth-order valence-electron chi connectivity index (χ4n) is 3.62. The summed E-state index contributed by atoms with van der Waals surface area (Å²) in [5, 5.41) is 15.4. The molecule has 122 valence electrons. The number of rotatable bonds is 5. The Bertz CT molecular complexity index is 763. The molecule has 1 aliphatic rings. The maximum atomic E-state index is 12.1. The van der Waals surface area contributed by atoms with Crippen LogP contribution in [0.25, 0.3) is 5.65 Å². The molecule has 2 heterocycles. The summed E-state index contributed by atoms with van der Waals surface area (Å²) in [6.07, 6.45) is 9.17.